The van der Waals surface area contributed by atoms with E-state index in [9.17, 15) is 0 Å². The topological polar surface area (TPSA) is 18.5 Å². The molecule has 0 heterocycles. The zero-order valence-corrected chi connectivity index (χ0v) is 23.3. The number of allylic oxidation sites excluding steroid dienone is 3. The molecule has 0 saturated carbocycles. The van der Waals surface area contributed by atoms with E-state index in [1.54, 1.807) is 0 Å². The fraction of sp³-hybridized carbons (Fsp3) is 0.833. The number of rotatable bonds is 10. The molecule has 0 aromatic heterocycles. The first-order chi connectivity index (χ1) is 12.4. The molecule has 0 aromatic carbocycles. The third-order valence-corrected chi connectivity index (χ3v) is 15.9. The molecule has 0 aliphatic rings. The van der Waals surface area contributed by atoms with Crippen LogP contribution in [0.1, 0.15) is 68.7 Å². The van der Waals surface area contributed by atoms with Gasteiger partial charge in [0.25, 0.3) is 0 Å². The Kier molecular flexibility index (Phi) is 10.2. The van der Waals surface area contributed by atoms with Gasteiger partial charge in [-0.15, -0.1) is 0 Å². The monoisotopic (exact) mass is 426 g/mol. The van der Waals surface area contributed by atoms with Crippen LogP contribution >= 0.6 is 0 Å². The van der Waals surface area contributed by atoms with Crippen LogP contribution in [0.15, 0.2) is 24.3 Å². The van der Waals surface area contributed by atoms with Crippen LogP contribution < -0.4 is 0 Å². The zero-order chi connectivity index (χ0) is 22.6. The van der Waals surface area contributed by atoms with Gasteiger partial charge in [0, 0.05) is 12.5 Å². The van der Waals surface area contributed by atoms with E-state index in [1.807, 2.05) is 6.08 Å². The zero-order valence-electron chi connectivity index (χ0n) is 21.3. The van der Waals surface area contributed by atoms with Crippen LogP contribution in [0.3, 0.4) is 0 Å². The van der Waals surface area contributed by atoms with Crippen LogP contribution in [0.5, 0.6) is 0 Å². The van der Waals surface area contributed by atoms with Gasteiger partial charge >= 0.3 is 0 Å². The quantitative estimate of drug-likeness (QED) is 0.259. The minimum absolute atomic E-state index is 0.205. The summed E-state index contributed by atoms with van der Waals surface area (Å²) in [6.45, 7) is 34.7. The molecule has 0 spiro atoms. The smallest absolute Gasteiger partial charge is 0.192 e. The van der Waals surface area contributed by atoms with Crippen molar-refractivity contribution in [2.24, 2.45) is 11.8 Å². The first-order valence-electron chi connectivity index (χ1n) is 11.0. The molecule has 0 N–H and O–H groups in total. The largest absolute Gasteiger partial charge is 0.416 e. The molecule has 0 aliphatic heterocycles. The molecule has 0 rings (SSSR count). The molecule has 0 fully saturated rings. The molecule has 0 amide bonds. The van der Waals surface area contributed by atoms with Crippen molar-refractivity contribution >= 4 is 16.6 Å². The summed E-state index contributed by atoms with van der Waals surface area (Å²) in [5.74, 6) is 0.818. The Balaban J connectivity index is 5.53. The predicted molar refractivity (Wildman–Crippen MR) is 132 cm³/mol. The van der Waals surface area contributed by atoms with Gasteiger partial charge in [-0.05, 0) is 55.5 Å². The summed E-state index contributed by atoms with van der Waals surface area (Å²) >= 11 is 0. The van der Waals surface area contributed by atoms with Crippen molar-refractivity contribution in [3.8, 4) is 0 Å². The van der Waals surface area contributed by atoms with E-state index < -0.39 is 16.6 Å². The highest BCUT2D eigenvalue weighted by molar-refractivity contribution is 6.74. The van der Waals surface area contributed by atoms with Gasteiger partial charge in [0.15, 0.2) is 16.6 Å². The fourth-order valence-corrected chi connectivity index (χ4v) is 5.47. The molecule has 0 radical (unpaired) electrons. The molecule has 0 bridgehead atoms. The first-order valence-corrected chi connectivity index (χ1v) is 16.8. The summed E-state index contributed by atoms with van der Waals surface area (Å²) in [5.41, 5.74) is 1.36. The van der Waals surface area contributed by atoms with Crippen molar-refractivity contribution in [1.29, 1.82) is 0 Å². The van der Waals surface area contributed by atoms with Gasteiger partial charge in [0.2, 0.25) is 0 Å². The number of hydrogen-bond donors (Lipinski definition) is 0. The molecule has 2 nitrogen and oxygen atoms in total. The lowest BCUT2D eigenvalue weighted by atomic mass is 9.89. The van der Waals surface area contributed by atoms with Gasteiger partial charge in [-0.3, -0.25) is 0 Å². The minimum atomic E-state index is -1.86. The van der Waals surface area contributed by atoms with Gasteiger partial charge in [-0.25, -0.2) is 0 Å². The van der Waals surface area contributed by atoms with E-state index in [0.29, 0.717) is 11.8 Å². The predicted octanol–water partition coefficient (Wildman–Crippen LogP) is 8.19. The fourth-order valence-electron chi connectivity index (χ4n) is 2.85. The highest BCUT2D eigenvalue weighted by atomic mass is 28.4. The summed E-state index contributed by atoms with van der Waals surface area (Å²) in [4.78, 5) is 0. The lowest BCUT2D eigenvalue weighted by molar-refractivity contribution is 0.0483. The second-order valence-electron chi connectivity index (χ2n) is 11.8. The Morgan fingerprint density at radius 3 is 1.75 bits per heavy atom. The van der Waals surface area contributed by atoms with Gasteiger partial charge in [0.05, 0.1) is 6.10 Å². The van der Waals surface area contributed by atoms with Gasteiger partial charge < -0.3 is 8.85 Å². The Morgan fingerprint density at radius 2 is 1.36 bits per heavy atom. The average molecular weight is 427 g/mol. The second kappa shape index (κ2) is 10.2. The lowest BCUT2D eigenvalue weighted by Gasteiger charge is -2.44. The van der Waals surface area contributed by atoms with E-state index >= 15 is 0 Å². The molecule has 0 aromatic rings. The lowest BCUT2D eigenvalue weighted by Crippen LogP contribution is -2.49. The second-order valence-corrected chi connectivity index (χ2v) is 21.4. The van der Waals surface area contributed by atoms with Crippen LogP contribution in [0.2, 0.25) is 36.3 Å². The molecule has 28 heavy (non-hydrogen) atoms. The average Bonchev–Trinajstić information content (AvgIpc) is 2.48. The highest BCUT2D eigenvalue weighted by Gasteiger charge is 2.42. The third kappa shape index (κ3) is 8.29. The molecule has 0 aliphatic carbocycles. The summed E-state index contributed by atoms with van der Waals surface area (Å²) in [6, 6.07) is 0. The Labute approximate surface area is 179 Å². The molecular weight excluding hydrogens is 376 g/mol. The Hall–Kier alpha value is -0.166. The molecular formula is C24H50O2Si2. The molecule has 4 heteroatoms. The maximum atomic E-state index is 6.98. The van der Waals surface area contributed by atoms with Crippen LogP contribution in [0.4, 0.5) is 0 Å². The Bertz CT molecular complexity index is 522. The first kappa shape index (κ1) is 27.8. The number of hydrogen-bond acceptors (Lipinski definition) is 2. The van der Waals surface area contributed by atoms with Crippen molar-refractivity contribution in [3.63, 3.8) is 0 Å². The minimum Gasteiger partial charge on any atom is -0.416 e. The van der Waals surface area contributed by atoms with Gasteiger partial charge in [-0.2, -0.15) is 0 Å². The normalized spacial score (nSPS) is 18.0. The summed E-state index contributed by atoms with van der Waals surface area (Å²) in [7, 11) is -3.62. The Morgan fingerprint density at radius 1 is 0.893 bits per heavy atom. The standard InChI is InChI=1S/C24H50O2Si2/c1-15-16-19(2)17-20(3)22(26-28(13,14)24(8,9)10)21(4)18-25-27(11,12)23(5,6)7/h15-16,20-22H,1,17-18H2,2-14H3/b19-16+/t20-,21+,22-/m0/s1. The summed E-state index contributed by atoms with van der Waals surface area (Å²) in [6.07, 6.45) is 5.25. The molecule has 0 unspecified atom stereocenters. The van der Waals surface area contributed by atoms with Crippen molar-refractivity contribution in [3.05, 3.63) is 24.3 Å². The van der Waals surface area contributed by atoms with Crippen LogP contribution in [0, 0.1) is 11.8 Å². The van der Waals surface area contributed by atoms with E-state index in [1.165, 1.54) is 5.57 Å². The summed E-state index contributed by atoms with van der Waals surface area (Å²) < 4.78 is 13.6. The SMILES string of the molecule is C=C/C=C(\C)C[C@H](C)[C@H](O[Si](C)(C)C(C)(C)C)[C@H](C)CO[Si](C)(C)C(C)(C)C. The van der Waals surface area contributed by atoms with Crippen molar-refractivity contribution < 1.29 is 8.85 Å². The van der Waals surface area contributed by atoms with Gasteiger partial charge in [0.1, 0.15) is 0 Å². The van der Waals surface area contributed by atoms with Crippen LogP contribution in [-0.2, 0) is 8.85 Å². The molecule has 3 atom stereocenters. The van der Waals surface area contributed by atoms with Crippen LogP contribution in [0.25, 0.3) is 0 Å². The molecule has 166 valence electrons. The van der Waals surface area contributed by atoms with E-state index in [4.69, 9.17) is 8.85 Å². The van der Waals surface area contributed by atoms with E-state index in [0.717, 1.165) is 13.0 Å². The van der Waals surface area contributed by atoms with E-state index in [2.05, 4.69) is 101 Å². The van der Waals surface area contributed by atoms with Crippen LogP contribution in [-0.4, -0.2) is 29.3 Å². The van der Waals surface area contributed by atoms with Crippen molar-refractivity contribution in [2.45, 2.75) is 111 Å². The van der Waals surface area contributed by atoms with Gasteiger partial charge in [-0.1, -0.05) is 79.7 Å². The maximum Gasteiger partial charge on any atom is 0.192 e. The van der Waals surface area contributed by atoms with E-state index in [-0.39, 0.29) is 16.2 Å². The van der Waals surface area contributed by atoms with Crippen molar-refractivity contribution in [2.75, 3.05) is 6.61 Å². The molecule has 0 saturated heterocycles. The maximum absolute atomic E-state index is 6.98. The van der Waals surface area contributed by atoms with Crippen molar-refractivity contribution in [1.82, 2.24) is 0 Å². The third-order valence-electron chi connectivity index (χ3n) is 6.92. The summed E-state index contributed by atoms with van der Waals surface area (Å²) in [5, 5.41) is 0.439. The highest BCUT2D eigenvalue weighted by Crippen LogP contribution is 2.41.